The summed E-state index contributed by atoms with van der Waals surface area (Å²) in [6.07, 6.45) is -1.86. The third kappa shape index (κ3) is 4.01. The Hall–Kier alpha value is -2.49. The van der Waals surface area contributed by atoms with E-state index in [0.29, 0.717) is 23.9 Å². The highest BCUT2D eigenvalue weighted by Gasteiger charge is 2.32. The second-order valence-corrected chi connectivity index (χ2v) is 6.40. The zero-order valence-electron chi connectivity index (χ0n) is 14.4. The quantitative estimate of drug-likeness (QED) is 0.861. The van der Waals surface area contributed by atoms with E-state index in [-0.39, 0.29) is 17.4 Å². The van der Waals surface area contributed by atoms with Gasteiger partial charge in [0.2, 0.25) is 5.95 Å². The highest BCUT2D eigenvalue weighted by molar-refractivity contribution is 5.64. The predicted molar refractivity (Wildman–Crippen MR) is 88.6 cm³/mol. The Morgan fingerprint density at radius 1 is 1.27 bits per heavy atom. The fourth-order valence-corrected chi connectivity index (χ4v) is 2.94. The Bertz CT molecular complexity index is 798. The van der Waals surface area contributed by atoms with E-state index in [4.69, 9.17) is 0 Å². The number of halogens is 3. The van der Waals surface area contributed by atoms with Gasteiger partial charge in [-0.05, 0) is 39.4 Å². The third-order valence-electron chi connectivity index (χ3n) is 4.24. The number of alkyl halides is 3. The number of aromatic hydroxyl groups is 1. The highest BCUT2D eigenvalue weighted by Crippen LogP contribution is 2.34. The summed E-state index contributed by atoms with van der Waals surface area (Å²) >= 11 is 0. The predicted octanol–water partition coefficient (Wildman–Crippen LogP) is 2.47. The number of likely N-dealkylation sites (N-methyl/N-ethyl adjacent to an activating group) is 1. The zero-order valence-corrected chi connectivity index (χ0v) is 14.4. The van der Waals surface area contributed by atoms with Gasteiger partial charge in [0.25, 0.3) is 0 Å². The molecule has 1 aliphatic rings. The number of rotatable bonds is 3. The molecule has 3 rings (SSSR count). The Labute approximate surface area is 148 Å². The van der Waals surface area contributed by atoms with Crippen LogP contribution >= 0.6 is 0 Å². The molecule has 140 valence electrons. The second-order valence-electron chi connectivity index (χ2n) is 6.40. The van der Waals surface area contributed by atoms with E-state index in [0.717, 1.165) is 25.9 Å². The molecule has 0 amide bonds. The molecule has 0 saturated carbocycles. The van der Waals surface area contributed by atoms with E-state index in [9.17, 15) is 18.3 Å². The van der Waals surface area contributed by atoms with E-state index in [1.54, 1.807) is 6.92 Å². The summed E-state index contributed by atoms with van der Waals surface area (Å²) in [7, 11) is 2.04. The van der Waals surface area contributed by atoms with Crippen LogP contribution in [0.15, 0.2) is 12.3 Å². The van der Waals surface area contributed by atoms with Crippen molar-refractivity contribution in [1.29, 1.82) is 0 Å². The van der Waals surface area contributed by atoms with Crippen LogP contribution in [0.4, 0.5) is 19.1 Å². The average molecular weight is 368 g/mol. The van der Waals surface area contributed by atoms with Crippen LogP contribution in [0.5, 0.6) is 5.75 Å². The molecular formula is C16H19F3N6O. The topological polar surface area (TPSA) is 87.1 Å². The molecular weight excluding hydrogens is 349 g/mol. The number of pyridine rings is 1. The number of likely N-dealkylation sites (tertiary alicyclic amines) is 1. The van der Waals surface area contributed by atoms with Crippen LogP contribution in [0.25, 0.3) is 11.4 Å². The van der Waals surface area contributed by atoms with Gasteiger partial charge in [0.1, 0.15) is 17.1 Å². The van der Waals surface area contributed by atoms with Gasteiger partial charge in [-0.25, -0.2) is 9.97 Å². The molecule has 1 saturated heterocycles. The summed E-state index contributed by atoms with van der Waals surface area (Å²) in [4.78, 5) is 10.2. The van der Waals surface area contributed by atoms with Crippen LogP contribution in [-0.2, 0) is 6.18 Å². The van der Waals surface area contributed by atoms with Gasteiger partial charge in [0.15, 0.2) is 0 Å². The lowest BCUT2D eigenvalue weighted by Gasteiger charge is -2.30. The van der Waals surface area contributed by atoms with Gasteiger partial charge in [-0.15, -0.1) is 10.2 Å². The van der Waals surface area contributed by atoms with Crippen molar-refractivity contribution in [1.82, 2.24) is 25.1 Å². The smallest absolute Gasteiger partial charge is 0.418 e. The molecule has 0 radical (unpaired) electrons. The van der Waals surface area contributed by atoms with Crippen LogP contribution in [-0.4, -0.2) is 56.4 Å². The van der Waals surface area contributed by atoms with Crippen LogP contribution in [0.1, 0.15) is 24.1 Å². The van der Waals surface area contributed by atoms with Crippen molar-refractivity contribution >= 4 is 5.95 Å². The number of hydrogen-bond acceptors (Lipinski definition) is 7. The number of nitrogens with one attached hydrogen (secondary N) is 1. The third-order valence-corrected chi connectivity index (χ3v) is 4.24. The molecule has 0 aromatic carbocycles. The minimum absolute atomic E-state index is 0.0838. The first-order valence-electron chi connectivity index (χ1n) is 8.17. The molecule has 3 heterocycles. The van der Waals surface area contributed by atoms with Gasteiger partial charge in [-0.3, -0.25) is 0 Å². The Kier molecular flexibility index (Phi) is 4.94. The van der Waals surface area contributed by atoms with Crippen molar-refractivity contribution in [2.45, 2.75) is 32.0 Å². The van der Waals surface area contributed by atoms with Crippen molar-refractivity contribution in [2.75, 3.05) is 25.5 Å². The Balaban J connectivity index is 1.81. The van der Waals surface area contributed by atoms with Crippen LogP contribution < -0.4 is 5.32 Å². The van der Waals surface area contributed by atoms with Gasteiger partial charge in [-0.2, -0.15) is 13.2 Å². The molecule has 2 aromatic heterocycles. The first-order chi connectivity index (χ1) is 12.2. The SMILES string of the molecule is Cc1nc(N[C@@H]2CCCN(C)C2)nnc1-c1ncc(C(F)(F)F)cc1O. The molecule has 0 unspecified atom stereocenters. The normalized spacial score (nSPS) is 18.7. The van der Waals surface area contributed by atoms with E-state index in [1.165, 1.54) is 0 Å². The first kappa shape index (κ1) is 18.3. The summed E-state index contributed by atoms with van der Waals surface area (Å²) in [5, 5.41) is 21.1. The molecule has 0 spiro atoms. The monoisotopic (exact) mass is 368 g/mol. The van der Waals surface area contributed by atoms with Crippen LogP contribution in [0.2, 0.25) is 0 Å². The van der Waals surface area contributed by atoms with E-state index < -0.39 is 17.5 Å². The molecule has 1 atom stereocenters. The van der Waals surface area contributed by atoms with Crippen molar-refractivity contribution in [3.8, 4) is 17.1 Å². The number of piperidine rings is 1. The highest BCUT2D eigenvalue weighted by atomic mass is 19.4. The molecule has 1 aliphatic heterocycles. The molecule has 26 heavy (non-hydrogen) atoms. The van der Waals surface area contributed by atoms with Gasteiger partial charge < -0.3 is 15.3 Å². The maximum atomic E-state index is 12.7. The Morgan fingerprint density at radius 3 is 2.65 bits per heavy atom. The van der Waals surface area contributed by atoms with Crippen molar-refractivity contribution in [2.24, 2.45) is 0 Å². The summed E-state index contributed by atoms with van der Waals surface area (Å²) in [6.45, 7) is 3.56. The van der Waals surface area contributed by atoms with Crippen molar-refractivity contribution in [3.63, 3.8) is 0 Å². The summed E-state index contributed by atoms with van der Waals surface area (Å²) in [5.74, 6) is -0.272. The summed E-state index contributed by atoms with van der Waals surface area (Å²) < 4.78 is 38.0. The van der Waals surface area contributed by atoms with Crippen molar-refractivity contribution < 1.29 is 18.3 Å². The van der Waals surface area contributed by atoms with Gasteiger partial charge >= 0.3 is 6.18 Å². The lowest BCUT2D eigenvalue weighted by molar-refractivity contribution is -0.137. The van der Waals surface area contributed by atoms with Crippen LogP contribution in [0.3, 0.4) is 0 Å². The maximum absolute atomic E-state index is 12.7. The number of hydrogen-bond donors (Lipinski definition) is 2. The van der Waals surface area contributed by atoms with E-state index in [2.05, 4.69) is 30.4 Å². The van der Waals surface area contributed by atoms with Gasteiger partial charge in [-0.1, -0.05) is 0 Å². The fourth-order valence-electron chi connectivity index (χ4n) is 2.94. The van der Waals surface area contributed by atoms with E-state index in [1.807, 2.05) is 7.05 Å². The Morgan fingerprint density at radius 2 is 2.04 bits per heavy atom. The molecule has 0 bridgehead atoms. The second kappa shape index (κ2) is 7.02. The molecule has 2 N–H and O–H groups in total. The maximum Gasteiger partial charge on any atom is 0.418 e. The number of nitrogens with zero attached hydrogens (tertiary/aromatic N) is 5. The zero-order chi connectivity index (χ0) is 18.9. The minimum Gasteiger partial charge on any atom is -0.506 e. The summed E-state index contributed by atoms with van der Waals surface area (Å²) in [6, 6.07) is 0.825. The van der Waals surface area contributed by atoms with Crippen molar-refractivity contribution in [3.05, 3.63) is 23.5 Å². The molecule has 0 aliphatic carbocycles. The first-order valence-corrected chi connectivity index (χ1v) is 8.17. The van der Waals surface area contributed by atoms with E-state index >= 15 is 0 Å². The molecule has 2 aromatic rings. The minimum atomic E-state index is -4.58. The standard InChI is InChI=1S/C16H19F3N6O/c1-9-13(14-12(26)6-10(7-20-14)16(17,18)19)23-24-15(21-9)22-11-4-3-5-25(2)8-11/h6-7,11,26H,3-5,8H2,1-2H3,(H,21,22,24)/t11-/m1/s1. The number of aryl methyl sites for hydroxylation is 1. The fraction of sp³-hybridized carbons (Fsp3) is 0.500. The molecule has 10 heteroatoms. The van der Waals surface area contributed by atoms with Gasteiger partial charge in [0.05, 0.1) is 11.3 Å². The average Bonchev–Trinajstić information content (AvgIpc) is 2.55. The molecule has 1 fully saturated rings. The summed E-state index contributed by atoms with van der Waals surface area (Å²) in [5.41, 5.74) is -0.562. The lowest BCUT2D eigenvalue weighted by atomic mass is 10.1. The number of aromatic nitrogens is 4. The number of anilines is 1. The molecule has 7 nitrogen and oxygen atoms in total. The van der Waals surface area contributed by atoms with Crippen LogP contribution in [0, 0.1) is 6.92 Å². The largest absolute Gasteiger partial charge is 0.506 e. The van der Waals surface area contributed by atoms with Gasteiger partial charge in [0, 0.05) is 18.8 Å². The lowest BCUT2D eigenvalue weighted by Crippen LogP contribution is -2.40.